The quantitative estimate of drug-likeness (QED) is 0.0537. The van der Waals surface area contributed by atoms with Crippen LogP contribution in [0.1, 0.15) is 40.2 Å². The maximum absolute atomic E-state index is 13.3. The molecular formula is C77H60F25N21O7. The van der Waals surface area contributed by atoms with E-state index in [2.05, 4.69) is 105 Å². The van der Waals surface area contributed by atoms with Crippen LogP contribution in [0, 0.1) is 0 Å². The van der Waals surface area contributed by atoms with Crippen molar-refractivity contribution in [3.05, 3.63) is 170 Å². The van der Waals surface area contributed by atoms with Crippen LogP contribution < -0.4 is 28.4 Å². The summed E-state index contributed by atoms with van der Waals surface area (Å²) in [4.78, 5) is 24.9. The fourth-order valence-corrected chi connectivity index (χ4v) is 11.7. The maximum Gasteiger partial charge on any atom is 0.573 e. The minimum absolute atomic E-state index is 0.00531. The van der Waals surface area contributed by atoms with Crippen molar-refractivity contribution in [2.45, 2.75) is 135 Å². The molecule has 5 aromatic carbocycles. The van der Waals surface area contributed by atoms with Crippen LogP contribution in [-0.2, 0) is 44.1 Å². The van der Waals surface area contributed by atoms with Crippen molar-refractivity contribution >= 4 is 55.7 Å². The molecule has 0 saturated heterocycles. The second-order valence-electron chi connectivity index (χ2n) is 28.1. The Morgan fingerprint density at radius 3 is 1.12 bits per heavy atom. The lowest BCUT2D eigenvalue weighted by Crippen LogP contribution is -2.20. The van der Waals surface area contributed by atoms with E-state index in [1.54, 1.807) is 18.2 Å². The minimum atomic E-state index is -4.84. The summed E-state index contributed by atoms with van der Waals surface area (Å²) in [5.74, 6) is -16.8. The van der Waals surface area contributed by atoms with Gasteiger partial charge in [0, 0.05) is 81.8 Å². The van der Waals surface area contributed by atoms with E-state index in [9.17, 15) is 110 Å². The molecule has 0 atom stereocenters. The first-order valence-electron chi connectivity index (χ1n) is 36.6. The van der Waals surface area contributed by atoms with E-state index in [0.29, 0.717) is 83.6 Å². The van der Waals surface area contributed by atoms with Crippen LogP contribution in [0.5, 0.6) is 34.5 Å². The van der Waals surface area contributed by atoms with Crippen LogP contribution in [-0.4, -0.2) is 181 Å². The first-order chi connectivity index (χ1) is 60.4. The third-order valence-corrected chi connectivity index (χ3v) is 16.6. The summed E-state index contributed by atoms with van der Waals surface area (Å²) in [5.41, 5.74) is 6.56. The average Bonchev–Trinajstić information content (AvgIpc) is 1.68. The Balaban J connectivity index is 0.000000157. The van der Waals surface area contributed by atoms with Gasteiger partial charge in [0.05, 0.1) is 48.7 Å². The van der Waals surface area contributed by atoms with Crippen molar-refractivity contribution in [2.24, 2.45) is 0 Å². The van der Waals surface area contributed by atoms with Gasteiger partial charge in [-0.1, -0.05) is 38.2 Å². The molecule has 0 unspecified atom stereocenters. The van der Waals surface area contributed by atoms with Gasteiger partial charge in [-0.2, -0.15) is 0 Å². The standard InChI is InChI=1S/C17H15F5N4O2.C16H13F5N4O2.2C15H11F5N4O.C14H10F5N5O/c1-16(18,19)9-26-15-14(24-25-26)6-5-13(23-15)12-4-3-11(28-17(20,21)22)7-10(12)8-27-2;1-15(17,18)8-25-14-12(23-24-25)6-5-11(22-14)10-4-3-9(7-13(10)26-2)27-16(19,20)21;1-14(16,17)8-24-12-6-10(7-21-13(12)22-23-24)9-2-4-11(5-3-9)25-15(18,19)20;1-14(16,17)8-24-13-6-11(21-7-12(13)22-23-24)9-2-4-10(5-3-9)25-15(18,19)20;1-13(15,16)7-24-12-10(22-23-24)6-20-11(21-12)8-2-4-9(5-3-8)25-14(17,18)19/h3-7H,8-9H2,1-2H3;3-7H,8H2,1-2H3;2*2-7H,8H2,1H3;2-6H,7H2,1H3. The number of benzene rings is 5. The summed E-state index contributed by atoms with van der Waals surface area (Å²) in [5, 5.41) is 37.0. The fourth-order valence-electron chi connectivity index (χ4n) is 11.7. The zero-order valence-corrected chi connectivity index (χ0v) is 67.0. The lowest BCUT2D eigenvalue weighted by molar-refractivity contribution is -0.275. The highest BCUT2D eigenvalue weighted by Crippen LogP contribution is 2.39. The Bertz CT molecular complexity index is 6020. The molecule has 690 valence electrons. The predicted molar refractivity (Wildman–Crippen MR) is 405 cm³/mol. The zero-order chi connectivity index (χ0) is 95.1. The highest BCUT2D eigenvalue weighted by atomic mass is 19.4. The van der Waals surface area contributed by atoms with Crippen LogP contribution in [0.3, 0.4) is 0 Å². The lowest BCUT2D eigenvalue weighted by atomic mass is 10.0. The summed E-state index contributed by atoms with van der Waals surface area (Å²) < 4.78 is 351. The van der Waals surface area contributed by atoms with Crippen molar-refractivity contribution in [3.63, 3.8) is 0 Å². The Morgan fingerprint density at radius 1 is 0.292 bits per heavy atom. The molecule has 0 amide bonds. The third kappa shape index (κ3) is 28.1. The molecule has 28 nitrogen and oxygen atoms in total. The molecular weight excluding hydrogens is 1810 g/mol. The first kappa shape index (κ1) is 96.4. The number of methoxy groups -OCH3 is 2. The van der Waals surface area contributed by atoms with Gasteiger partial charge in [0.15, 0.2) is 28.3 Å². The fraction of sp³-hybridized carbons (Fsp3) is 0.299. The second-order valence-corrected chi connectivity index (χ2v) is 28.1. The Morgan fingerprint density at radius 2 is 0.662 bits per heavy atom. The van der Waals surface area contributed by atoms with Crippen LogP contribution in [0.15, 0.2) is 164 Å². The number of hydrogen-bond donors (Lipinski definition) is 0. The number of halogens is 25. The molecule has 0 bridgehead atoms. The average molecular weight is 1870 g/mol. The number of ether oxygens (including phenoxy) is 7. The predicted octanol–water partition coefficient (Wildman–Crippen LogP) is 19.8. The SMILES string of the molecule is CC(F)(F)Cn1nnc2cnc(-c3ccc(OC(F)(F)F)cc3)cc21.CC(F)(F)Cn1nnc2cnc(-c3ccc(OC(F)(F)F)cc3)nc21.CC(F)(F)Cn1nnc2ncc(-c3ccc(OC(F)(F)F)cc3)cc21.COCc1cc(OC(F)(F)F)ccc1-c1ccc2nnn(CC(C)(F)F)c2n1.COc1cc(OC(F)(F)F)ccc1-c1ccc2nnn(CC(C)(F)F)c2n1. The second kappa shape index (κ2) is 38.0. The Hall–Kier alpha value is -14.2. The highest BCUT2D eigenvalue weighted by Gasteiger charge is 2.37. The maximum atomic E-state index is 13.3. The normalized spacial score (nSPS) is 12.5. The van der Waals surface area contributed by atoms with E-state index in [0.717, 1.165) is 113 Å². The highest BCUT2D eigenvalue weighted by molar-refractivity contribution is 5.81. The summed E-state index contributed by atoms with van der Waals surface area (Å²) in [6, 6.07) is 31.5. The molecule has 130 heavy (non-hydrogen) atoms. The van der Waals surface area contributed by atoms with Gasteiger partial charge >= 0.3 is 31.8 Å². The van der Waals surface area contributed by atoms with Crippen LogP contribution in [0.4, 0.5) is 110 Å². The molecule has 10 aromatic heterocycles. The molecule has 0 spiro atoms. The molecule has 0 aliphatic heterocycles. The monoisotopic (exact) mass is 1870 g/mol. The molecule has 15 aromatic rings. The third-order valence-electron chi connectivity index (χ3n) is 16.6. The van der Waals surface area contributed by atoms with Gasteiger partial charge in [0.1, 0.15) is 89.3 Å². The molecule has 0 aliphatic rings. The summed E-state index contributed by atoms with van der Waals surface area (Å²) in [6.45, 7) is 0.318. The number of aromatic nitrogens is 21. The summed E-state index contributed by atoms with van der Waals surface area (Å²) in [6.07, 6.45) is -19.9. The van der Waals surface area contributed by atoms with Gasteiger partial charge in [-0.3, -0.25) is 4.98 Å². The Kier molecular flexibility index (Phi) is 28.2. The van der Waals surface area contributed by atoms with Crippen LogP contribution in [0.2, 0.25) is 0 Å². The molecule has 0 saturated carbocycles. The number of rotatable bonds is 23. The molecule has 10 heterocycles. The van der Waals surface area contributed by atoms with Gasteiger partial charge in [-0.25, -0.2) is 92.2 Å². The van der Waals surface area contributed by atoms with E-state index in [4.69, 9.17) is 9.47 Å². The summed E-state index contributed by atoms with van der Waals surface area (Å²) >= 11 is 0. The van der Waals surface area contributed by atoms with Gasteiger partial charge < -0.3 is 33.2 Å². The van der Waals surface area contributed by atoms with Crippen molar-refractivity contribution in [2.75, 3.05) is 14.2 Å². The van der Waals surface area contributed by atoms with Gasteiger partial charge in [0.25, 0.3) is 29.6 Å². The topological polar surface area (TPSA) is 295 Å². The molecule has 0 radical (unpaired) electrons. The Labute approximate surface area is 711 Å². The lowest BCUT2D eigenvalue weighted by Gasteiger charge is -2.14. The number of alkyl halides is 25. The first-order valence-corrected chi connectivity index (χ1v) is 36.6. The van der Waals surface area contributed by atoms with Crippen molar-refractivity contribution in [1.82, 2.24) is 105 Å². The number of pyridine rings is 4. The van der Waals surface area contributed by atoms with E-state index in [1.165, 1.54) is 106 Å². The molecule has 0 aliphatic carbocycles. The van der Waals surface area contributed by atoms with E-state index in [-0.39, 0.29) is 57.8 Å². The van der Waals surface area contributed by atoms with Crippen LogP contribution in [0.25, 0.3) is 112 Å². The number of hydrogen-bond acceptors (Lipinski definition) is 23. The molecule has 15 rings (SSSR count). The van der Waals surface area contributed by atoms with Crippen LogP contribution >= 0.6 is 0 Å². The molecule has 0 fully saturated rings. The minimum Gasteiger partial charge on any atom is -0.496 e. The summed E-state index contributed by atoms with van der Waals surface area (Å²) in [7, 11) is 2.66. The number of nitrogens with zero attached hydrogens (tertiary/aromatic N) is 21. The van der Waals surface area contributed by atoms with E-state index in [1.807, 2.05) is 0 Å². The van der Waals surface area contributed by atoms with Gasteiger partial charge in [0.2, 0.25) is 5.65 Å². The molecule has 53 heteroatoms. The smallest absolute Gasteiger partial charge is 0.496 e. The van der Waals surface area contributed by atoms with Gasteiger partial charge in [-0.15, -0.1) is 91.3 Å². The molecule has 0 N–H and O–H groups in total. The largest absolute Gasteiger partial charge is 0.573 e. The van der Waals surface area contributed by atoms with E-state index >= 15 is 0 Å². The van der Waals surface area contributed by atoms with Crippen molar-refractivity contribution < 1.29 is 143 Å². The zero-order valence-electron chi connectivity index (χ0n) is 67.0. The number of fused-ring (bicyclic) bond motifs is 5. The van der Waals surface area contributed by atoms with Gasteiger partial charge in [-0.05, 0) is 139 Å². The van der Waals surface area contributed by atoms with Crippen molar-refractivity contribution in [1.29, 1.82) is 0 Å². The van der Waals surface area contributed by atoms with E-state index < -0.39 is 111 Å². The van der Waals surface area contributed by atoms with Crippen molar-refractivity contribution in [3.8, 4) is 90.8 Å².